The van der Waals surface area contributed by atoms with E-state index in [-0.39, 0.29) is 10.6 Å². The monoisotopic (exact) mass is 281 g/mol. The molecule has 7 heteroatoms. The van der Waals surface area contributed by atoms with Crippen molar-refractivity contribution in [1.29, 1.82) is 0 Å². The molecule has 0 radical (unpaired) electrons. The highest BCUT2D eigenvalue weighted by atomic mass is 32.2. The molecule has 2 aromatic rings. The van der Waals surface area contributed by atoms with E-state index in [1.54, 1.807) is 12.1 Å². The molecule has 0 saturated heterocycles. The van der Waals surface area contributed by atoms with Gasteiger partial charge in [-0.15, -0.1) is 0 Å². The molecular formula is C12H12FN3O2S. The predicted molar refractivity (Wildman–Crippen MR) is 70.6 cm³/mol. The zero-order valence-electron chi connectivity index (χ0n) is 10.1. The van der Waals surface area contributed by atoms with Crippen LogP contribution < -0.4 is 10.0 Å². The standard InChI is InChI=1S/C12H12FN3O2S/c1-16(9-4-6-15-7-5-9)19(17,18)10-2-3-12(14)11(13)8-10/h2-8H,14H2,1H3. The Morgan fingerprint density at radius 1 is 1.21 bits per heavy atom. The number of anilines is 2. The summed E-state index contributed by atoms with van der Waals surface area (Å²) in [7, 11) is -2.43. The lowest BCUT2D eigenvalue weighted by Gasteiger charge is -2.19. The van der Waals surface area contributed by atoms with Crippen LogP contribution in [0.3, 0.4) is 0 Å². The van der Waals surface area contributed by atoms with Crippen molar-refractivity contribution in [2.75, 3.05) is 17.1 Å². The minimum Gasteiger partial charge on any atom is -0.396 e. The molecule has 19 heavy (non-hydrogen) atoms. The van der Waals surface area contributed by atoms with Crippen LogP contribution in [0.2, 0.25) is 0 Å². The summed E-state index contributed by atoms with van der Waals surface area (Å²) in [4.78, 5) is 3.66. The summed E-state index contributed by atoms with van der Waals surface area (Å²) in [5.74, 6) is -0.760. The van der Waals surface area contributed by atoms with Crippen molar-refractivity contribution >= 4 is 21.4 Å². The van der Waals surface area contributed by atoms with Gasteiger partial charge in [0.1, 0.15) is 5.82 Å². The number of pyridine rings is 1. The van der Waals surface area contributed by atoms with Gasteiger partial charge in [0, 0.05) is 19.4 Å². The lowest BCUT2D eigenvalue weighted by Crippen LogP contribution is -2.26. The van der Waals surface area contributed by atoms with Gasteiger partial charge in [-0.05, 0) is 30.3 Å². The molecule has 0 saturated carbocycles. The van der Waals surface area contributed by atoms with Crippen molar-refractivity contribution in [3.05, 3.63) is 48.5 Å². The number of hydrogen-bond acceptors (Lipinski definition) is 4. The topological polar surface area (TPSA) is 76.3 Å². The lowest BCUT2D eigenvalue weighted by molar-refractivity contribution is 0.590. The number of rotatable bonds is 3. The first kappa shape index (κ1) is 13.3. The molecule has 1 aromatic carbocycles. The summed E-state index contributed by atoms with van der Waals surface area (Å²) >= 11 is 0. The number of nitrogens with two attached hydrogens (primary N) is 1. The Morgan fingerprint density at radius 3 is 2.42 bits per heavy atom. The Hall–Kier alpha value is -2.15. The number of hydrogen-bond donors (Lipinski definition) is 1. The Morgan fingerprint density at radius 2 is 1.84 bits per heavy atom. The van der Waals surface area contributed by atoms with Gasteiger partial charge < -0.3 is 5.73 Å². The van der Waals surface area contributed by atoms with Gasteiger partial charge in [-0.3, -0.25) is 9.29 Å². The third kappa shape index (κ3) is 2.50. The highest BCUT2D eigenvalue weighted by Crippen LogP contribution is 2.23. The molecule has 2 N–H and O–H groups in total. The van der Waals surface area contributed by atoms with Gasteiger partial charge in [0.25, 0.3) is 10.0 Å². The average Bonchev–Trinajstić information content (AvgIpc) is 2.41. The maximum Gasteiger partial charge on any atom is 0.264 e. The van der Waals surface area contributed by atoms with Crippen molar-refractivity contribution in [2.45, 2.75) is 4.90 Å². The minimum absolute atomic E-state index is 0.0921. The molecule has 1 aromatic heterocycles. The van der Waals surface area contributed by atoms with Crippen LogP contribution >= 0.6 is 0 Å². The molecule has 0 aliphatic carbocycles. The van der Waals surface area contributed by atoms with E-state index in [0.29, 0.717) is 5.69 Å². The van der Waals surface area contributed by atoms with Crippen LogP contribution in [0.15, 0.2) is 47.6 Å². The quantitative estimate of drug-likeness (QED) is 0.867. The van der Waals surface area contributed by atoms with Gasteiger partial charge in [-0.1, -0.05) is 0 Å². The van der Waals surface area contributed by atoms with Crippen LogP contribution in [0.4, 0.5) is 15.8 Å². The summed E-state index contributed by atoms with van der Waals surface area (Å²) in [5, 5.41) is 0. The zero-order chi connectivity index (χ0) is 14.0. The Bertz CT molecular complexity index is 689. The van der Waals surface area contributed by atoms with Crippen LogP contribution in [0, 0.1) is 5.82 Å². The maximum absolute atomic E-state index is 13.4. The van der Waals surface area contributed by atoms with Gasteiger partial charge in [-0.25, -0.2) is 12.8 Å². The first-order chi connectivity index (χ1) is 8.93. The molecule has 5 nitrogen and oxygen atoms in total. The molecule has 1 heterocycles. The van der Waals surface area contributed by atoms with Crippen molar-refractivity contribution in [1.82, 2.24) is 4.98 Å². The summed E-state index contributed by atoms with van der Waals surface area (Å²) in [6, 6.07) is 6.49. The van der Waals surface area contributed by atoms with Crippen LogP contribution in [0.5, 0.6) is 0 Å². The second kappa shape index (κ2) is 4.85. The maximum atomic E-state index is 13.4. The van der Waals surface area contributed by atoms with Crippen LogP contribution in [0.1, 0.15) is 0 Å². The molecule has 0 unspecified atom stereocenters. The third-order valence-corrected chi connectivity index (χ3v) is 4.44. The van der Waals surface area contributed by atoms with E-state index >= 15 is 0 Å². The van der Waals surface area contributed by atoms with Gasteiger partial charge in [0.05, 0.1) is 16.3 Å². The van der Waals surface area contributed by atoms with Crippen molar-refractivity contribution in [3.63, 3.8) is 0 Å². The number of benzene rings is 1. The lowest BCUT2D eigenvalue weighted by atomic mass is 10.3. The fourth-order valence-electron chi connectivity index (χ4n) is 1.52. The Kier molecular flexibility index (Phi) is 3.39. The molecular weight excluding hydrogens is 269 g/mol. The first-order valence-corrected chi connectivity index (χ1v) is 6.81. The van der Waals surface area contributed by atoms with E-state index in [0.717, 1.165) is 10.4 Å². The van der Waals surface area contributed by atoms with Gasteiger partial charge >= 0.3 is 0 Å². The third-order valence-electron chi connectivity index (χ3n) is 2.66. The number of nitrogen functional groups attached to an aromatic ring is 1. The number of halogens is 1. The fraction of sp³-hybridized carbons (Fsp3) is 0.0833. The van der Waals surface area contributed by atoms with E-state index in [2.05, 4.69) is 4.98 Å². The Labute approximate surface area is 110 Å². The van der Waals surface area contributed by atoms with Gasteiger partial charge in [0.2, 0.25) is 0 Å². The normalized spacial score (nSPS) is 11.3. The molecule has 0 aliphatic rings. The van der Waals surface area contributed by atoms with Crippen molar-refractivity contribution in [2.24, 2.45) is 0 Å². The fourth-order valence-corrected chi connectivity index (χ4v) is 2.73. The minimum atomic E-state index is -3.82. The molecule has 0 fully saturated rings. The van der Waals surface area contributed by atoms with Crippen LogP contribution in [0.25, 0.3) is 0 Å². The van der Waals surface area contributed by atoms with E-state index in [9.17, 15) is 12.8 Å². The highest BCUT2D eigenvalue weighted by Gasteiger charge is 2.22. The summed E-state index contributed by atoms with van der Waals surface area (Å²) in [5.41, 5.74) is 5.67. The van der Waals surface area contributed by atoms with Crippen LogP contribution in [-0.2, 0) is 10.0 Å². The number of nitrogens with zero attached hydrogens (tertiary/aromatic N) is 2. The highest BCUT2D eigenvalue weighted by molar-refractivity contribution is 7.92. The second-order valence-corrected chi connectivity index (χ2v) is 5.83. The average molecular weight is 281 g/mol. The molecule has 0 spiro atoms. The Balaban J connectivity index is 2.45. The predicted octanol–water partition coefficient (Wildman–Crippen LogP) is 1.63. The van der Waals surface area contributed by atoms with Gasteiger partial charge in [-0.2, -0.15) is 0 Å². The summed E-state index contributed by atoms with van der Waals surface area (Å²) in [6.07, 6.45) is 2.95. The van der Waals surface area contributed by atoms with E-state index < -0.39 is 15.8 Å². The molecule has 0 amide bonds. The smallest absolute Gasteiger partial charge is 0.264 e. The molecule has 100 valence electrons. The molecule has 2 rings (SSSR count). The van der Waals surface area contributed by atoms with Crippen LogP contribution in [-0.4, -0.2) is 20.4 Å². The van der Waals surface area contributed by atoms with Crippen molar-refractivity contribution < 1.29 is 12.8 Å². The second-order valence-electron chi connectivity index (χ2n) is 3.86. The number of sulfonamides is 1. The zero-order valence-corrected chi connectivity index (χ0v) is 10.9. The van der Waals surface area contributed by atoms with E-state index in [1.807, 2.05) is 0 Å². The number of aromatic nitrogens is 1. The summed E-state index contributed by atoms with van der Waals surface area (Å²) in [6.45, 7) is 0. The molecule has 0 bridgehead atoms. The van der Waals surface area contributed by atoms with E-state index in [1.165, 1.54) is 31.6 Å². The van der Waals surface area contributed by atoms with Gasteiger partial charge in [0.15, 0.2) is 0 Å². The largest absolute Gasteiger partial charge is 0.396 e. The first-order valence-electron chi connectivity index (χ1n) is 5.37. The molecule has 0 aliphatic heterocycles. The van der Waals surface area contributed by atoms with E-state index in [4.69, 9.17) is 5.73 Å². The van der Waals surface area contributed by atoms with Crippen molar-refractivity contribution in [3.8, 4) is 0 Å². The molecule has 0 atom stereocenters. The summed E-state index contributed by atoms with van der Waals surface area (Å²) < 4.78 is 39.0. The SMILES string of the molecule is CN(c1ccncc1)S(=O)(=O)c1ccc(N)c(F)c1.